The highest BCUT2D eigenvalue weighted by Gasteiger charge is 2.33. The van der Waals surface area contributed by atoms with Gasteiger partial charge in [-0.05, 0) is 90.3 Å². The molecule has 0 fully saturated rings. The zero-order valence-corrected chi connectivity index (χ0v) is 24.4. The molecule has 0 saturated carbocycles. The van der Waals surface area contributed by atoms with E-state index < -0.39 is 0 Å². The summed E-state index contributed by atoms with van der Waals surface area (Å²) in [5, 5.41) is 4.35. The zero-order valence-electron chi connectivity index (χ0n) is 22.8. The van der Waals surface area contributed by atoms with Crippen LogP contribution in [0.2, 0.25) is 5.02 Å². The standard InChI is InChI=1S/C33H32ClFN2O2S/c1-33(2,3)23-10-17-27-29(18-23)40-32(30(27)31(38)37-26-15-11-24(34)12-16-26)36-19-22-6-4-5-7-28(22)39-20-21-8-13-25(35)14-9-21/h4-9,11-16,19,23H,10,17-18,20H2,1-3H3,(H,37,38)/t23-/m0/s1. The Bertz CT molecular complexity index is 1520. The van der Waals surface area contributed by atoms with Crippen molar-refractivity contribution in [1.29, 1.82) is 0 Å². The van der Waals surface area contributed by atoms with E-state index >= 15 is 0 Å². The number of amides is 1. The summed E-state index contributed by atoms with van der Waals surface area (Å²) in [6.07, 6.45) is 4.59. The number of para-hydroxylation sites is 1. The van der Waals surface area contributed by atoms with Gasteiger partial charge in [-0.25, -0.2) is 9.38 Å². The van der Waals surface area contributed by atoms with Crippen LogP contribution in [0.1, 0.15) is 59.1 Å². The number of anilines is 1. The van der Waals surface area contributed by atoms with Gasteiger partial charge >= 0.3 is 0 Å². The number of aliphatic imine (C=N–C) groups is 1. The Labute approximate surface area is 243 Å². The average Bonchev–Trinajstić information content (AvgIpc) is 3.30. The van der Waals surface area contributed by atoms with Crippen molar-refractivity contribution in [2.24, 2.45) is 16.3 Å². The molecule has 0 aliphatic heterocycles. The van der Waals surface area contributed by atoms with Gasteiger partial charge in [-0.3, -0.25) is 4.79 Å². The van der Waals surface area contributed by atoms with Crippen LogP contribution < -0.4 is 10.1 Å². The van der Waals surface area contributed by atoms with Crippen molar-refractivity contribution in [2.45, 2.75) is 46.6 Å². The molecule has 1 aliphatic carbocycles. The minimum absolute atomic E-state index is 0.165. The molecule has 1 N–H and O–H groups in total. The van der Waals surface area contributed by atoms with E-state index in [1.165, 1.54) is 17.0 Å². The highest BCUT2D eigenvalue weighted by Crippen LogP contribution is 2.45. The molecule has 1 heterocycles. The van der Waals surface area contributed by atoms with Crippen LogP contribution in [0.25, 0.3) is 0 Å². The molecule has 206 valence electrons. The highest BCUT2D eigenvalue weighted by atomic mass is 35.5. The molecule has 5 rings (SSSR count). The molecule has 0 radical (unpaired) electrons. The molecule has 0 spiro atoms. The monoisotopic (exact) mass is 574 g/mol. The first-order chi connectivity index (χ1) is 19.2. The van der Waals surface area contributed by atoms with Crippen LogP contribution in [0.3, 0.4) is 0 Å². The van der Waals surface area contributed by atoms with Crippen LogP contribution in [-0.2, 0) is 19.4 Å². The molecule has 0 bridgehead atoms. The summed E-state index contributed by atoms with van der Waals surface area (Å²) in [5.41, 5.74) is 4.29. The lowest BCUT2D eigenvalue weighted by Crippen LogP contribution is -2.27. The van der Waals surface area contributed by atoms with E-state index in [4.69, 9.17) is 21.3 Å². The Morgan fingerprint density at radius 2 is 1.82 bits per heavy atom. The molecule has 1 amide bonds. The SMILES string of the molecule is CC(C)(C)[C@H]1CCc2c(sc(N=Cc3ccccc3OCc3ccc(F)cc3)c2C(=O)Nc2ccc(Cl)cc2)C1. The van der Waals surface area contributed by atoms with Crippen molar-refractivity contribution < 1.29 is 13.9 Å². The van der Waals surface area contributed by atoms with Gasteiger partial charge in [-0.1, -0.05) is 56.6 Å². The minimum atomic E-state index is -0.278. The summed E-state index contributed by atoms with van der Waals surface area (Å²) in [4.78, 5) is 19.7. The highest BCUT2D eigenvalue weighted by molar-refractivity contribution is 7.16. The Morgan fingerprint density at radius 3 is 2.55 bits per heavy atom. The van der Waals surface area contributed by atoms with Gasteiger partial charge < -0.3 is 10.1 Å². The van der Waals surface area contributed by atoms with Crippen molar-refractivity contribution in [1.82, 2.24) is 0 Å². The number of nitrogens with zero attached hydrogens (tertiary/aromatic N) is 1. The molecule has 1 atom stereocenters. The van der Waals surface area contributed by atoms with E-state index in [9.17, 15) is 9.18 Å². The maximum absolute atomic E-state index is 13.6. The number of hydrogen-bond acceptors (Lipinski definition) is 4. The summed E-state index contributed by atoms with van der Waals surface area (Å²) in [6.45, 7) is 7.16. The quantitative estimate of drug-likeness (QED) is 0.224. The molecule has 0 saturated heterocycles. The largest absolute Gasteiger partial charge is 0.488 e. The van der Waals surface area contributed by atoms with Crippen molar-refractivity contribution in [3.05, 3.63) is 111 Å². The number of halogens is 2. The van der Waals surface area contributed by atoms with E-state index in [0.29, 0.717) is 39.5 Å². The van der Waals surface area contributed by atoms with E-state index in [0.717, 1.165) is 36.0 Å². The third-order valence-corrected chi connectivity index (χ3v) is 8.76. The van der Waals surface area contributed by atoms with Crippen LogP contribution in [-0.4, -0.2) is 12.1 Å². The molecule has 4 aromatic rings. The van der Waals surface area contributed by atoms with E-state index in [2.05, 4.69) is 26.1 Å². The molecule has 40 heavy (non-hydrogen) atoms. The lowest BCUT2D eigenvalue weighted by Gasteiger charge is -2.33. The number of fused-ring (bicyclic) bond motifs is 1. The summed E-state index contributed by atoms with van der Waals surface area (Å²) in [7, 11) is 0. The number of hydrogen-bond donors (Lipinski definition) is 1. The lowest BCUT2D eigenvalue weighted by molar-refractivity contribution is 0.102. The molecule has 7 heteroatoms. The second kappa shape index (κ2) is 11.9. The van der Waals surface area contributed by atoms with Crippen molar-refractivity contribution in [2.75, 3.05) is 5.32 Å². The fourth-order valence-electron chi connectivity index (χ4n) is 4.95. The van der Waals surface area contributed by atoms with Gasteiger partial charge in [0.1, 0.15) is 23.2 Å². The topological polar surface area (TPSA) is 50.7 Å². The minimum Gasteiger partial charge on any atom is -0.488 e. The number of ether oxygens (including phenoxy) is 1. The van der Waals surface area contributed by atoms with E-state index in [-0.39, 0.29) is 17.1 Å². The third kappa shape index (κ3) is 6.62. The van der Waals surface area contributed by atoms with Gasteiger partial charge in [0.2, 0.25) is 0 Å². The van der Waals surface area contributed by atoms with E-state index in [1.54, 1.807) is 53.9 Å². The van der Waals surface area contributed by atoms with Crippen LogP contribution in [0.5, 0.6) is 5.75 Å². The predicted octanol–water partition coefficient (Wildman–Crippen LogP) is 9.27. The Hall–Kier alpha value is -3.48. The van der Waals surface area contributed by atoms with Crippen molar-refractivity contribution in [3.8, 4) is 5.75 Å². The second-order valence-corrected chi connectivity index (χ2v) is 12.7. The Kier molecular flexibility index (Phi) is 8.38. The van der Waals surface area contributed by atoms with Gasteiger partial charge in [-0.15, -0.1) is 11.3 Å². The van der Waals surface area contributed by atoms with Crippen LogP contribution in [0.4, 0.5) is 15.1 Å². The van der Waals surface area contributed by atoms with Gasteiger partial charge in [-0.2, -0.15) is 0 Å². The van der Waals surface area contributed by atoms with Crippen LogP contribution in [0.15, 0.2) is 77.8 Å². The normalized spacial score (nSPS) is 15.2. The Balaban J connectivity index is 1.44. The number of carbonyl (C=O) groups excluding carboxylic acids is 1. The first kappa shape index (κ1) is 28.1. The van der Waals surface area contributed by atoms with Gasteiger partial charge in [0.15, 0.2) is 0 Å². The van der Waals surface area contributed by atoms with Gasteiger partial charge in [0.25, 0.3) is 5.91 Å². The van der Waals surface area contributed by atoms with Gasteiger partial charge in [0.05, 0.1) is 5.56 Å². The number of thiophene rings is 1. The zero-order chi connectivity index (χ0) is 28.3. The fraction of sp³-hybridized carbons (Fsp3) is 0.273. The average molecular weight is 575 g/mol. The smallest absolute Gasteiger partial charge is 0.259 e. The van der Waals surface area contributed by atoms with Gasteiger partial charge in [0, 0.05) is 27.4 Å². The molecule has 3 aromatic carbocycles. The lowest BCUT2D eigenvalue weighted by atomic mass is 9.72. The maximum atomic E-state index is 13.6. The number of carbonyl (C=O) groups is 1. The molecular formula is C33H32ClFN2O2S. The summed E-state index contributed by atoms with van der Waals surface area (Å²) < 4.78 is 19.3. The molecule has 1 aromatic heterocycles. The molecule has 0 unspecified atom stereocenters. The summed E-state index contributed by atoms with van der Waals surface area (Å²) in [6, 6.07) is 21.0. The molecule has 4 nitrogen and oxygen atoms in total. The van der Waals surface area contributed by atoms with Crippen LogP contribution >= 0.6 is 22.9 Å². The predicted molar refractivity (Wildman–Crippen MR) is 163 cm³/mol. The Morgan fingerprint density at radius 1 is 1.10 bits per heavy atom. The van der Waals surface area contributed by atoms with Crippen molar-refractivity contribution >= 4 is 45.7 Å². The van der Waals surface area contributed by atoms with E-state index in [1.807, 2.05) is 24.3 Å². The number of rotatable bonds is 7. The number of benzene rings is 3. The fourth-order valence-corrected chi connectivity index (χ4v) is 6.35. The maximum Gasteiger partial charge on any atom is 0.259 e. The molecule has 1 aliphatic rings. The molecular weight excluding hydrogens is 543 g/mol. The number of nitrogens with one attached hydrogen (secondary N) is 1. The van der Waals surface area contributed by atoms with Crippen molar-refractivity contribution in [3.63, 3.8) is 0 Å². The summed E-state index contributed by atoms with van der Waals surface area (Å²) >= 11 is 7.64. The first-order valence-electron chi connectivity index (χ1n) is 13.4. The third-order valence-electron chi connectivity index (χ3n) is 7.35. The second-order valence-electron chi connectivity index (χ2n) is 11.2. The first-order valence-corrected chi connectivity index (χ1v) is 14.6. The van der Waals surface area contributed by atoms with Crippen LogP contribution in [0, 0.1) is 17.2 Å². The summed E-state index contributed by atoms with van der Waals surface area (Å²) in [5.74, 6) is 0.766.